The lowest BCUT2D eigenvalue weighted by Gasteiger charge is -2.38. The number of nitrogens with zero attached hydrogens (tertiary/aromatic N) is 1. The fourth-order valence-corrected chi connectivity index (χ4v) is 2.84. The lowest BCUT2D eigenvalue weighted by molar-refractivity contribution is -0.160. The highest BCUT2D eigenvalue weighted by atomic mass is 35.5. The minimum atomic E-state index is -0.814. The molecule has 1 fully saturated rings. The first-order valence-electron chi connectivity index (χ1n) is 6.67. The van der Waals surface area contributed by atoms with Gasteiger partial charge in [-0.25, -0.2) is 4.79 Å². The summed E-state index contributed by atoms with van der Waals surface area (Å²) in [5.41, 5.74) is 0.960. The average molecular weight is 296 g/mol. The van der Waals surface area contributed by atoms with E-state index in [1.54, 1.807) is 11.0 Å². The highest BCUT2D eigenvalue weighted by Gasteiger charge is 2.34. The second kappa shape index (κ2) is 6.27. The van der Waals surface area contributed by atoms with Gasteiger partial charge in [0.2, 0.25) is 0 Å². The average Bonchev–Trinajstić information content (AvgIpc) is 2.45. The lowest BCUT2D eigenvalue weighted by Crippen LogP contribution is -2.45. The Bertz CT molecular complexity index is 518. The molecule has 1 aliphatic heterocycles. The molecule has 0 aliphatic carbocycles. The number of esters is 1. The third-order valence-corrected chi connectivity index (χ3v) is 3.91. The van der Waals surface area contributed by atoms with Crippen LogP contribution in [0.4, 0.5) is 0 Å². The van der Waals surface area contributed by atoms with Crippen LogP contribution in [0.1, 0.15) is 31.4 Å². The van der Waals surface area contributed by atoms with Crippen molar-refractivity contribution in [3.05, 3.63) is 34.9 Å². The minimum absolute atomic E-state index is 0.114. The molecule has 0 bridgehead atoms. The summed E-state index contributed by atoms with van der Waals surface area (Å²) in [6.45, 7) is 2.64. The van der Waals surface area contributed by atoms with Gasteiger partial charge < -0.3 is 9.64 Å². The summed E-state index contributed by atoms with van der Waals surface area (Å²) in [5.74, 6) is -1.02. The van der Waals surface area contributed by atoms with Crippen LogP contribution in [0.2, 0.25) is 5.02 Å². The van der Waals surface area contributed by atoms with Crippen LogP contribution >= 0.6 is 11.6 Å². The maximum atomic E-state index is 12.2. The molecule has 1 saturated heterocycles. The standard InChI is InChI=1S/C15H18ClNO3/c1-10-6-7-13(11-4-3-5-12(16)8-11)17(9-10)14(18)15(19)20-2/h3-5,8,10,13H,6-7,9H2,1-2H3. The van der Waals surface area contributed by atoms with Crippen molar-refractivity contribution in [1.82, 2.24) is 4.90 Å². The minimum Gasteiger partial charge on any atom is -0.462 e. The summed E-state index contributed by atoms with van der Waals surface area (Å²) >= 11 is 6.01. The molecule has 0 spiro atoms. The van der Waals surface area contributed by atoms with Gasteiger partial charge in [-0.3, -0.25) is 4.79 Å². The Morgan fingerprint density at radius 2 is 2.10 bits per heavy atom. The summed E-state index contributed by atoms with van der Waals surface area (Å²) in [5, 5.41) is 0.631. The van der Waals surface area contributed by atoms with Crippen molar-refractivity contribution in [2.45, 2.75) is 25.8 Å². The second-order valence-electron chi connectivity index (χ2n) is 5.20. The molecule has 1 aromatic rings. The second-order valence-corrected chi connectivity index (χ2v) is 5.64. The van der Waals surface area contributed by atoms with E-state index in [-0.39, 0.29) is 6.04 Å². The predicted octanol–water partition coefficient (Wildman–Crippen LogP) is 2.81. The summed E-state index contributed by atoms with van der Waals surface area (Å²) < 4.78 is 4.55. The third-order valence-electron chi connectivity index (χ3n) is 3.67. The quantitative estimate of drug-likeness (QED) is 0.591. The summed E-state index contributed by atoms with van der Waals surface area (Å²) in [7, 11) is 1.22. The van der Waals surface area contributed by atoms with E-state index in [0.717, 1.165) is 18.4 Å². The molecule has 2 rings (SSSR count). The van der Waals surface area contributed by atoms with Crippen molar-refractivity contribution in [2.75, 3.05) is 13.7 Å². The smallest absolute Gasteiger partial charge is 0.396 e. The predicted molar refractivity (Wildman–Crippen MR) is 76.3 cm³/mol. The monoisotopic (exact) mass is 295 g/mol. The highest BCUT2D eigenvalue weighted by Crippen LogP contribution is 2.34. The van der Waals surface area contributed by atoms with Crippen molar-refractivity contribution in [1.29, 1.82) is 0 Å². The molecular weight excluding hydrogens is 278 g/mol. The number of piperidine rings is 1. The van der Waals surface area contributed by atoms with Crippen LogP contribution in [0, 0.1) is 5.92 Å². The first-order valence-corrected chi connectivity index (χ1v) is 7.05. The molecule has 0 N–H and O–H groups in total. The largest absolute Gasteiger partial charge is 0.462 e. The van der Waals surface area contributed by atoms with Crippen molar-refractivity contribution < 1.29 is 14.3 Å². The van der Waals surface area contributed by atoms with E-state index < -0.39 is 11.9 Å². The van der Waals surface area contributed by atoms with Crippen LogP contribution in [0.5, 0.6) is 0 Å². The highest BCUT2D eigenvalue weighted by molar-refractivity contribution is 6.32. The zero-order chi connectivity index (χ0) is 14.7. The Labute approximate surface area is 123 Å². The number of rotatable bonds is 1. The number of hydrogen-bond donors (Lipinski definition) is 0. The van der Waals surface area contributed by atoms with Crippen molar-refractivity contribution in [3.63, 3.8) is 0 Å². The summed E-state index contributed by atoms with van der Waals surface area (Å²) in [6, 6.07) is 7.32. The number of hydrogen-bond acceptors (Lipinski definition) is 3. The Balaban J connectivity index is 2.29. The number of methoxy groups -OCH3 is 1. The zero-order valence-corrected chi connectivity index (χ0v) is 12.4. The molecule has 20 heavy (non-hydrogen) atoms. The molecule has 1 aromatic carbocycles. The molecule has 2 unspecified atom stereocenters. The number of benzene rings is 1. The Morgan fingerprint density at radius 3 is 2.75 bits per heavy atom. The van der Waals surface area contributed by atoms with Crippen molar-refractivity contribution in [2.24, 2.45) is 5.92 Å². The van der Waals surface area contributed by atoms with E-state index in [4.69, 9.17) is 11.6 Å². The number of halogens is 1. The van der Waals surface area contributed by atoms with Crippen molar-refractivity contribution >= 4 is 23.5 Å². The molecular formula is C15H18ClNO3. The van der Waals surface area contributed by atoms with Gasteiger partial charge in [0, 0.05) is 11.6 Å². The van der Waals surface area contributed by atoms with Crippen LogP contribution in [0.25, 0.3) is 0 Å². The molecule has 0 radical (unpaired) electrons. The first-order chi connectivity index (χ1) is 9.52. The maximum absolute atomic E-state index is 12.2. The van der Waals surface area contributed by atoms with Gasteiger partial charge in [0.25, 0.3) is 0 Å². The SMILES string of the molecule is COC(=O)C(=O)N1CC(C)CCC1c1cccc(Cl)c1. The van der Waals surface area contributed by atoms with Gasteiger partial charge in [0.05, 0.1) is 13.2 Å². The molecule has 1 heterocycles. The molecule has 4 nitrogen and oxygen atoms in total. The van der Waals surface area contributed by atoms with E-state index in [1.807, 2.05) is 18.2 Å². The zero-order valence-electron chi connectivity index (χ0n) is 11.6. The number of carbonyl (C=O) groups excluding carboxylic acids is 2. The van der Waals surface area contributed by atoms with Gasteiger partial charge in [-0.05, 0) is 36.5 Å². The topological polar surface area (TPSA) is 46.6 Å². The molecule has 2 atom stereocenters. The van der Waals surface area contributed by atoms with Crippen molar-refractivity contribution in [3.8, 4) is 0 Å². The lowest BCUT2D eigenvalue weighted by atomic mass is 9.90. The van der Waals surface area contributed by atoms with Gasteiger partial charge in [0.15, 0.2) is 0 Å². The van der Waals surface area contributed by atoms with Gasteiger partial charge in [-0.15, -0.1) is 0 Å². The third kappa shape index (κ3) is 3.12. The van der Waals surface area contributed by atoms with E-state index in [1.165, 1.54) is 7.11 Å². The van der Waals surface area contributed by atoms with E-state index in [2.05, 4.69) is 11.7 Å². The van der Waals surface area contributed by atoms with Gasteiger partial charge in [-0.2, -0.15) is 0 Å². The van der Waals surface area contributed by atoms with Gasteiger partial charge in [-0.1, -0.05) is 30.7 Å². The molecule has 5 heteroatoms. The maximum Gasteiger partial charge on any atom is 0.396 e. The van der Waals surface area contributed by atoms with Crippen LogP contribution in [-0.4, -0.2) is 30.4 Å². The summed E-state index contributed by atoms with van der Waals surface area (Å²) in [6.07, 6.45) is 1.84. The van der Waals surface area contributed by atoms with E-state index in [0.29, 0.717) is 17.5 Å². The Kier molecular flexibility index (Phi) is 4.65. The first kappa shape index (κ1) is 14.9. The van der Waals surface area contributed by atoms with Gasteiger partial charge in [0.1, 0.15) is 0 Å². The fraction of sp³-hybridized carbons (Fsp3) is 0.467. The van der Waals surface area contributed by atoms with E-state index in [9.17, 15) is 9.59 Å². The Hall–Kier alpha value is -1.55. The van der Waals surface area contributed by atoms with Gasteiger partial charge >= 0.3 is 11.9 Å². The molecule has 1 aliphatic rings. The number of carbonyl (C=O) groups is 2. The van der Waals surface area contributed by atoms with Crippen LogP contribution < -0.4 is 0 Å². The molecule has 0 aromatic heterocycles. The number of ether oxygens (including phenoxy) is 1. The molecule has 108 valence electrons. The summed E-state index contributed by atoms with van der Waals surface area (Å²) in [4.78, 5) is 25.3. The fourth-order valence-electron chi connectivity index (χ4n) is 2.64. The van der Waals surface area contributed by atoms with E-state index >= 15 is 0 Å². The number of likely N-dealkylation sites (tertiary alicyclic amines) is 1. The number of amides is 1. The molecule has 0 saturated carbocycles. The Morgan fingerprint density at radius 1 is 1.35 bits per heavy atom. The normalized spacial score (nSPS) is 22.4. The van der Waals surface area contributed by atoms with Crippen LogP contribution in [0.3, 0.4) is 0 Å². The molecule has 1 amide bonds. The van der Waals surface area contributed by atoms with Crippen LogP contribution in [-0.2, 0) is 14.3 Å². The van der Waals surface area contributed by atoms with Crippen LogP contribution in [0.15, 0.2) is 24.3 Å².